The maximum atomic E-state index is 11.9. The summed E-state index contributed by atoms with van der Waals surface area (Å²) in [6.45, 7) is 1.60. The first-order chi connectivity index (χ1) is 8.56. The van der Waals surface area contributed by atoms with Crippen molar-refractivity contribution in [3.63, 3.8) is 0 Å². The molecule has 18 heavy (non-hydrogen) atoms. The highest BCUT2D eigenvalue weighted by molar-refractivity contribution is 7.98. The lowest BCUT2D eigenvalue weighted by atomic mass is 10.2. The van der Waals surface area contributed by atoms with E-state index < -0.39 is 24.1 Å². The van der Waals surface area contributed by atoms with Crippen molar-refractivity contribution in [2.24, 2.45) is 0 Å². The van der Waals surface area contributed by atoms with Crippen molar-refractivity contribution in [2.45, 2.75) is 36.8 Å². The number of hydrogen-bond donors (Lipinski definition) is 2. The van der Waals surface area contributed by atoms with E-state index in [0.29, 0.717) is 5.03 Å². The smallest absolute Gasteiger partial charge is 0.350 e. The molecule has 3 unspecified atom stereocenters. The van der Waals surface area contributed by atoms with Gasteiger partial charge in [-0.1, -0.05) is 0 Å². The molecule has 1 aliphatic heterocycles. The van der Waals surface area contributed by atoms with Gasteiger partial charge in [-0.2, -0.15) is 4.98 Å². The predicted molar refractivity (Wildman–Crippen MR) is 66.6 cm³/mol. The SMILES string of the molecule is CSc1nc(=O)n(C2CC(O)C(CO)O2)cc1C. The molecule has 0 spiro atoms. The largest absolute Gasteiger partial charge is 0.394 e. The van der Waals surface area contributed by atoms with Crippen molar-refractivity contribution < 1.29 is 14.9 Å². The van der Waals surface area contributed by atoms with Crippen LogP contribution in [0.3, 0.4) is 0 Å². The molecule has 1 aromatic rings. The van der Waals surface area contributed by atoms with Gasteiger partial charge in [-0.25, -0.2) is 4.79 Å². The quantitative estimate of drug-likeness (QED) is 0.591. The molecule has 2 rings (SSSR count). The van der Waals surface area contributed by atoms with Crippen molar-refractivity contribution in [3.8, 4) is 0 Å². The number of thioether (sulfide) groups is 1. The van der Waals surface area contributed by atoms with Crippen molar-refractivity contribution >= 4 is 11.8 Å². The Labute approximate surface area is 109 Å². The Morgan fingerprint density at radius 2 is 2.39 bits per heavy atom. The Kier molecular flexibility index (Phi) is 4.06. The minimum Gasteiger partial charge on any atom is -0.394 e. The molecule has 0 aliphatic carbocycles. The standard InChI is InChI=1S/C11H16N2O4S/c1-6-4-13(11(16)12-10(6)18-2)9-3-7(15)8(5-14)17-9/h4,7-9,14-15H,3,5H2,1-2H3. The molecule has 2 heterocycles. The summed E-state index contributed by atoms with van der Waals surface area (Å²) < 4.78 is 6.80. The van der Waals surface area contributed by atoms with Crippen LogP contribution < -0.4 is 5.69 Å². The molecule has 0 radical (unpaired) electrons. The van der Waals surface area contributed by atoms with Crippen LogP contribution >= 0.6 is 11.8 Å². The number of nitrogens with zero attached hydrogens (tertiary/aromatic N) is 2. The van der Waals surface area contributed by atoms with Crippen LogP contribution in [0.4, 0.5) is 0 Å². The Morgan fingerprint density at radius 1 is 1.67 bits per heavy atom. The van der Waals surface area contributed by atoms with Crippen LogP contribution in [0.1, 0.15) is 18.2 Å². The third-order valence-corrected chi connectivity index (χ3v) is 3.78. The zero-order chi connectivity index (χ0) is 13.3. The van der Waals surface area contributed by atoms with Crippen LogP contribution in [0.5, 0.6) is 0 Å². The molecule has 0 amide bonds. The number of aromatic nitrogens is 2. The highest BCUT2D eigenvalue weighted by atomic mass is 32.2. The molecular weight excluding hydrogens is 256 g/mol. The molecule has 1 fully saturated rings. The summed E-state index contributed by atoms with van der Waals surface area (Å²) in [5, 5.41) is 19.4. The summed E-state index contributed by atoms with van der Waals surface area (Å²) in [5.41, 5.74) is 0.480. The second-order valence-electron chi connectivity index (χ2n) is 4.24. The normalized spacial score (nSPS) is 27.7. The third kappa shape index (κ3) is 2.44. The van der Waals surface area contributed by atoms with Crippen LogP contribution in [0.15, 0.2) is 16.0 Å². The minimum atomic E-state index is -0.757. The van der Waals surface area contributed by atoms with Crippen LogP contribution in [0.25, 0.3) is 0 Å². The fourth-order valence-corrected chi connectivity index (χ4v) is 2.56. The van der Waals surface area contributed by atoms with Gasteiger partial charge in [0.25, 0.3) is 0 Å². The Morgan fingerprint density at radius 3 is 2.94 bits per heavy atom. The molecule has 7 heteroatoms. The Hall–Kier alpha value is -0.890. The van der Waals surface area contributed by atoms with Gasteiger partial charge in [0.1, 0.15) is 17.4 Å². The van der Waals surface area contributed by atoms with Gasteiger partial charge < -0.3 is 14.9 Å². The van der Waals surface area contributed by atoms with Crippen LogP contribution in [-0.4, -0.2) is 44.8 Å². The lowest BCUT2D eigenvalue weighted by molar-refractivity contribution is -0.0460. The van der Waals surface area contributed by atoms with E-state index in [9.17, 15) is 9.90 Å². The molecule has 3 atom stereocenters. The Bertz CT molecular complexity index is 490. The lowest BCUT2D eigenvalue weighted by Crippen LogP contribution is -2.28. The second kappa shape index (κ2) is 5.40. The van der Waals surface area contributed by atoms with Gasteiger partial charge in [0.05, 0.1) is 12.7 Å². The van der Waals surface area contributed by atoms with E-state index in [1.165, 1.54) is 16.3 Å². The highest BCUT2D eigenvalue weighted by Gasteiger charge is 2.35. The topological polar surface area (TPSA) is 84.6 Å². The molecule has 0 bridgehead atoms. The number of hydrogen-bond acceptors (Lipinski definition) is 6. The summed E-state index contributed by atoms with van der Waals surface area (Å²) in [7, 11) is 0. The zero-order valence-electron chi connectivity index (χ0n) is 10.2. The monoisotopic (exact) mass is 272 g/mol. The fourth-order valence-electron chi connectivity index (χ4n) is 2.02. The van der Waals surface area contributed by atoms with E-state index in [1.807, 2.05) is 13.2 Å². The summed E-state index contributed by atoms with van der Waals surface area (Å²) in [6.07, 6.45) is 1.86. The van der Waals surface area contributed by atoms with Crippen LogP contribution in [-0.2, 0) is 4.74 Å². The number of aliphatic hydroxyl groups is 2. The van der Waals surface area contributed by atoms with E-state index in [-0.39, 0.29) is 13.0 Å². The predicted octanol–water partition coefficient (Wildman–Crippen LogP) is -0.0857. The summed E-state index contributed by atoms with van der Waals surface area (Å²) in [4.78, 5) is 15.8. The highest BCUT2D eigenvalue weighted by Crippen LogP contribution is 2.28. The maximum Gasteiger partial charge on any atom is 0.350 e. The van der Waals surface area contributed by atoms with Gasteiger partial charge in [0, 0.05) is 12.6 Å². The van der Waals surface area contributed by atoms with Crippen molar-refractivity contribution in [2.75, 3.05) is 12.9 Å². The number of ether oxygens (including phenoxy) is 1. The average Bonchev–Trinajstić information content (AvgIpc) is 2.72. The first-order valence-corrected chi connectivity index (χ1v) is 6.87. The van der Waals surface area contributed by atoms with E-state index in [1.54, 1.807) is 6.20 Å². The van der Waals surface area contributed by atoms with Gasteiger partial charge in [-0.3, -0.25) is 4.57 Å². The van der Waals surface area contributed by atoms with Gasteiger partial charge in [0.15, 0.2) is 0 Å². The molecule has 1 aromatic heterocycles. The average molecular weight is 272 g/mol. The van der Waals surface area contributed by atoms with Crippen molar-refractivity contribution in [3.05, 3.63) is 22.2 Å². The molecular formula is C11H16N2O4S. The molecule has 1 aliphatic rings. The molecule has 1 saturated heterocycles. The second-order valence-corrected chi connectivity index (χ2v) is 5.03. The van der Waals surface area contributed by atoms with Crippen molar-refractivity contribution in [1.29, 1.82) is 0 Å². The number of aliphatic hydroxyl groups excluding tert-OH is 2. The van der Waals surface area contributed by atoms with Gasteiger partial charge in [0.2, 0.25) is 0 Å². The number of aryl methyl sites for hydroxylation is 1. The molecule has 0 saturated carbocycles. The Balaban J connectivity index is 2.30. The van der Waals surface area contributed by atoms with Crippen LogP contribution in [0.2, 0.25) is 0 Å². The molecule has 6 nitrogen and oxygen atoms in total. The first kappa shape index (κ1) is 13.5. The molecule has 100 valence electrons. The maximum absolute atomic E-state index is 11.9. The van der Waals surface area contributed by atoms with Gasteiger partial charge in [-0.05, 0) is 18.7 Å². The first-order valence-electron chi connectivity index (χ1n) is 5.65. The van der Waals surface area contributed by atoms with Gasteiger partial charge in [-0.15, -0.1) is 11.8 Å². The summed E-state index contributed by atoms with van der Waals surface area (Å²) >= 11 is 1.41. The van der Waals surface area contributed by atoms with Crippen LogP contribution in [0, 0.1) is 6.92 Å². The van der Waals surface area contributed by atoms with E-state index in [4.69, 9.17) is 9.84 Å². The summed E-state index contributed by atoms with van der Waals surface area (Å²) in [6, 6.07) is 0. The zero-order valence-corrected chi connectivity index (χ0v) is 11.1. The molecule has 0 aromatic carbocycles. The lowest BCUT2D eigenvalue weighted by Gasteiger charge is -2.15. The minimum absolute atomic E-state index is 0.262. The summed E-state index contributed by atoms with van der Waals surface area (Å²) in [5.74, 6) is 0. The number of rotatable bonds is 3. The molecule has 2 N–H and O–H groups in total. The van der Waals surface area contributed by atoms with E-state index in [0.717, 1.165) is 5.56 Å². The van der Waals surface area contributed by atoms with Crippen molar-refractivity contribution in [1.82, 2.24) is 9.55 Å². The van der Waals surface area contributed by atoms with E-state index >= 15 is 0 Å². The van der Waals surface area contributed by atoms with Gasteiger partial charge >= 0.3 is 5.69 Å². The third-order valence-electron chi connectivity index (χ3n) is 2.98. The van der Waals surface area contributed by atoms with E-state index in [2.05, 4.69) is 4.98 Å². The fraction of sp³-hybridized carbons (Fsp3) is 0.636.